The molecule has 1 aliphatic rings. The van der Waals surface area contributed by atoms with Crippen molar-refractivity contribution >= 4 is 34.1 Å². The maximum atomic E-state index is 14.3. The van der Waals surface area contributed by atoms with Crippen LogP contribution in [0.1, 0.15) is 49.1 Å². The van der Waals surface area contributed by atoms with Crippen molar-refractivity contribution in [2.75, 3.05) is 13.6 Å². The zero-order valence-electron chi connectivity index (χ0n) is 22.4. The highest BCUT2D eigenvalue weighted by Crippen LogP contribution is 2.36. The highest BCUT2D eigenvalue weighted by atomic mass is 32.1. The third-order valence-electron chi connectivity index (χ3n) is 7.56. The molecule has 9 heteroatoms. The number of fused-ring (bicyclic) bond motifs is 2. The van der Waals surface area contributed by atoms with E-state index in [9.17, 15) is 9.59 Å². The first-order valence-electron chi connectivity index (χ1n) is 13.0. The van der Waals surface area contributed by atoms with E-state index >= 15 is 0 Å². The smallest absolute Gasteiger partial charge is 0.291 e. The van der Waals surface area contributed by atoms with E-state index in [1.165, 1.54) is 16.9 Å². The number of benzene rings is 2. The number of amides is 1. The first-order valence-corrected chi connectivity index (χ1v) is 13.9. The van der Waals surface area contributed by atoms with Crippen molar-refractivity contribution in [3.05, 3.63) is 126 Å². The summed E-state index contributed by atoms with van der Waals surface area (Å²) in [7, 11) is 1.66. The summed E-state index contributed by atoms with van der Waals surface area (Å²) in [6, 6.07) is 17.5. The summed E-state index contributed by atoms with van der Waals surface area (Å²) >= 11 is 1.51. The van der Waals surface area contributed by atoms with Crippen LogP contribution in [0.25, 0.3) is 11.0 Å². The Morgan fingerprint density at radius 3 is 2.60 bits per heavy atom. The van der Waals surface area contributed by atoms with Crippen LogP contribution in [-0.4, -0.2) is 44.8 Å². The minimum atomic E-state index is -0.549. The third-order valence-corrected chi connectivity index (χ3v) is 8.57. The molecule has 0 radical (unpaired) electrons. The molecule has 1 amide bonds. The van der Waals surface area contributed by atoms with E-state index in [0.29, 0.717) is 29.0 Å². The van der Waals surface area contributed by atoms with Crippen LogP contribution in [0.2, 0.25) is 0 Å². The fourth-order valence-corrected chi connectivity index (χ4v) is 6.53. The molecule has 2 N–H and O–H groups in total. The monoisotopic (exact) mass is 548 g/mol. The molecule has 0 fully saturated rings. The summed E-state index contributed by atoms with van der Waals surface area (Å²) in [5.41, 5.74) is 5.92. The Kier molecular flexibility index (Phi) is 6.51. The number of hydrogen-bond donors (Lipinski definition) is 2. The first-order chi connectivity index (χ1) is 19.4. The van der Waals surface area contributed by atoms with Gasteiger partial charge in [0.15, 0.2) is 11.3 Å². The van der Waals surface area contributed by atoms with Gasteiger partial charge in [-0.05, 0) is 83.8 Å². The third kappa shape index (κ3) is 4.19. The molecule has 6 rings (SSSR count). The van der Waals surface area contributed by atoms with Gasteiger partial charge in [-0.1, -0.05) is 24.3 Å². The second kappa shape index (κ2) is 10.2. The number of nitrogens with one attached hydrogen (secondary N) is 2. The summed E-state index contributed by atoms with van der Waals surface area (Å²) in [5.74, 6) is 0.411. The molecule has 1 atom stereocenters. The van der Waals surface area contributed by atoms with E-state index in [1.54, 1.807) is 30.1 Å². The Morgan fingerprint density at radius 1 is 1.10 bits per heavy atom. The zero-order chi connectivity index (χ0) is 28.0. The lowest BCUT2D eigenvalue weighted by molar-refractivity contribution is 0.0694. The molecule has 0 bridgehead atoms. The normalized spacial score (nSPS) is 15.3. The lowest BCUT2D eigenvalue weighted by Gasteiger charge is -2.38. The molecule has 40 heavy (non-hydrogen) atoms. The van der Waals surface area contributed by atoms with Crippen molar-refractivity contribution in [3.8, 4) is 0 Å². The molecule has 1 unspecified atom stereocenters. The molecule has 2 aromatic carbocycles. The number of carbonyl (C=O) groups is 1. The molecule has 0 aliphatic carbocycles. The molecule has 0 spiro atoms. The van der Waals surface area contributed by atoms with E-state index < -0.39 is 5.56 Å². The minimum Gasteiger partial charge on any atom is -0.327 e. The maximum absolute atomic E-state index is 14.3. The number of thiophene rings is 1. The number of nitrogens with zero attached hydrogens (tertiary/aromatic N) is 4. The van der Waals surface area contributed by atoms with Crippen molar-refractivity contribution in [1.29, 1.82) is 5.41 Å². The fraction of sp³-hybridized carbons (Fsp3) is 0.194. The summed E-state index contributed by atoms with van der Waals surface area (Å²) in [5, 5.41) is 10.6. The van der Waals surface area contributed by atoms with Gasteiger partial charge in [0, 0.05) is 31.5 Å². The van der Waals surface area contributed by atoms with Gasteiger partial charge in [-0.2, -0.15) is 0 Å². The number of rotatable bonds is 3. The van der Waals surface area contributed by atoms with Crippen molar-refractivity contribution in [2.45, 2.75) is 26.3 Å². The van der Waals surface area contributed by atoms with E-state index in [0.717, 1.165) is 33.6 Å². The fourth-order valence-electron chi connectivity index (χ4n) is 5.58. The van der Waals surface area contributed by atoms with Crippen molar-refractivity contribution in [3.63, 3.8) is 0 Å². The number of aryl methyl sites for hydroxylation is 2. The van der Waals surface area contributed by atoms with Crippen molar-refractivity contribution < 1.29 is 4.79 Å². The van der Waals surface area contributed by atoms with E-state index in [4.69, 9.17) is 5.41 Å². The molecule has 8 nitrogen and oxygen atoms in total. The number of hydrogen-bond acceptors (Lipinski definition) is 6. The van der Waals surface area contributed by atoms with Gasteiger partial charge in [0.2, 0.25) is 0 Å². The lowest BCUT2D eigenvalue weighted by Crippen LogP contribution is -2.41. The summed E-state index contributed by atoms with van der Waals surface area (Å²) in [6.07, 6.45) is 4.26. The second-order valence-electron chi connectivity index (χ2n) is 9.93. The number of carbonyl (C=O) groups excluding carboxylic acids is 1. The predicted molar refractivity (Wildman–Crippen MR) is 157 cm³/mol. The van der Waals surface area contributed by atoms with Crippen LogP contribution in [-0.2, 0) is 6.42 Å². The van der Waals surface area contributed by atoms with Gasteiger partial charge < -0.3 is 9.88 Å². The van der Waals surface area contributed by atoms with Gasteiger partial charge in [-0.3, -0.25) is 29.5 Å². The molecule has 0 saturated heterocycles. The van der Waals surface area contributed by atoms with Crippen LogP contribution in [0, 0.1) is 19.3 Å². The van der Waals surface area contributed by atoms with Crippen molar-refractivity contribution in [2.24, 2.45) is 4.99 Å². The SMILES string of the molecule is CN=C(c1sccc1C)n1c(=N)c(=O)[nH]c2cc(C(=O)N3CCc4ccccc4C3c3ccncc3)c(C)cc21. The van der Waals surface area contributed by atoms with Crippen LogP contribution in [0.5, 0.6) is 0 Å². The van der Waals surface area contributed by atoms with Gasteiger partial charge in [0.05, 0.1) is 22.0 Å². The van der Waals surface area contributed by atoms with Crippen LogP contribution in [0.15, 0.2) is 82.2 Å². The Morgan fingerprint density at radius 2 is 1.88 bits per heavy atom. The Balaban J connectivity index is 1.50. The summed E-state index contributed by atoms with van der Waals surface area (Å²) in [4.78, 5) is 41.5. The average Bonchev–Trinajstić information content (AvgIpc) is 3.40. The van der Waals surface area contributed by atoms with Gasteiger partial charge in [-0.15, -0.1) is 11.3 Å². The van der Waals surface area contributed by atoms with Gasteiger partial charge >= 0.3 is 0 Å². The Hall–Kier alpha value is -4.63. The van der Waals surface area contributed by atoms with Gasteiger partial charge in [-0.25, -0.2) is 0 Å². The number of aromatic nitrogens is 3. The van der Waals surface area contributed by atoms with Crippen LogP contribution in [0.4, 0.5) is 0 Å². The molecule has 5 aromatic rings. The Bertz CT molecular complexity index is 1920. The zero-order valence-corrected chi connectivity index (χ0v) is 23.2. The lowest BCUT2D eigenvalue weighted by atomic mass is 9.88. The molecule has 3 aromatic heterocycles. The summed E-state index contributed by atoms with van der Waals surface area (Å²) < 4.78 is 1.57. The van der Waals surface area contributed by atoms with E-state index in [-0.39, 0.29) is 17.4 Å². The molecule has 200 valence electrons. The molecule has 0 saturated carbocycles. The average molecular weight is 549 g/mol. The quantitative estimate of drug-likeness (QED) is 0.254. The number of H-pyrrole nitrogens is 1. The van der Waals surface area contributed by atoms with E-state index in [1.807, 2.05) is 60.5 Å². The molecule has 4 heterocycles. The van der Waals surface area contributed by atoms with E-state index in [2.05, 4.69) is 27.1 Å². The minimum absolute atomic E-state index is 0.114. The number of pyridine rings is 1. The van der Waals surface area contributed by atoms with Gasteiger partial charge in [0.25, 0.3) is 11.5 Å². The predicted octanol–water partition coefficient (Wildman–Crippen LogP) is 4.60. The Labute approximate surface area is 234 Å². The molecular weight excluding hydrogens is 520 g/mol. The second-order valence-corrected chi connectivity index (χ2v) is 10.8. The van der Waals surface area contributed by atoms with Crippen LogP contribution in [0.3, 0.4) is 0 Å². The number of aromatic amines is 1. The molecule has 1 aliphatic heterocycles. The first kappa shape index (κ1) is 25.6. The number of aliphatic imine (C=N–C) groups is 1. The van der Waals surface area contributed by atoms with Gasteiger partial charge in [0.1, 0.15) is 0 Å². The van der Waals surface area contributed by atoms with Crippen molar-refractivity contribution in [1.82, 2.24) is 19.4 Å². The standard InChI is InChI=1S/C31H28N6O2S/c1-18-11-15-40-27(18)29(33-3)37-25-16-19(2)23(17-24(25)35-30(38)28(37)32)31(39)36-14-10-20-6-4-5-7-22(20)26(36)21-8-12-34-13-9-21/h4-9,11-13,15-17,26,32H,10,14H2,1-3H3,(H,35,38). The highest BCUT2D eigenvalue weighted by molar-refractivity contribution is 7.12. The van der Waals surface area contributed by atoms with Crippen LogP contribution < -0.4 is 11.0 Å². The largest absolute Gasteiger partial charge is 0.327 e. The van der Waals surface area contributed by atoms with Crippen LogP contribution >= 0.6 is 11.3 Å². The molecular formula is C31H28N6O2S. The maximum Gasteiger partial charge on any atom is 0.291 e. The highest BCUT2D eigenvalue weighted by Gasteiger charge is 2.33. The summed E-state index contributed by atoms with van der Waals surface area (Å²) in [6.45, 7) is 4.44. The topological polar surface area (TPSA) is 107 Å².